The molecule has 1 rings (SSSR count). The van der Waals surface area contributed by atoms with Crippen molar-refractivity contribution in [3.05, 3.63) is 29.6 Å². The first-order valence-electron chi connectivity index (χ1n) is 5.36. The third-order valence-corrected chi connectivity index (χ3v) is 2.36. The van der Waals surface area contributed by atoms with Gasteiger partial charge in [-0.15, -0.1) is 0 Å². The third kappa shape index (κ3) is 3.93. The lowest BCUT2D eigenvalue weighted by atomic mass is 10.0. The van der Waals surface area contributed by atoms with Crippen LogP contribution in [0, 0.1) is 5.82 Å². The molecule has 0 spiro atoms. The standard InChI is InChI=1S/C12H16F3NO/c1-8(2)9-3-4-11(10(13)5-9)17-7-12(14,15)6-16/h3-5,8H,6-7,16H2,1-2H3. The second-order valence-electron chi connectivity index (χ2n) is 4.19. The van der Waals surface area contributed by atoms with Crippen LogP contribution in [0.25, 0.3) is 0 Å². The van der Waals surface area contributed by atoms with Gasteiger partial charge in [0.05, 0.1) is 6.54 Å². The summed E-state index contributed by atoms with van der Waals surface area (Å²) in [5.41, 5.74) is 5.64. The topological polar surface area (TPSA) is 35.2 Å². The first-order chi connectivity index (χ1) is 7.85. The van der Waals surface area contributed by atoms with Crippen LogP contribution in [-0.2, 0) is 0 Å². The third-order valence-electron chi connectivity index (χ3n) is 2.36. The number of ether oxygens (including phenoxy) is 1. The van der Waals surface area contributed by atoms with Crippen molar-refractivity contribution in [2.45, 2.75) is 25.7 Å². The van der Waals surface area contributed by atoms with Gasteiger partial charge in [-0.2, -0.15) is 0 Å². The Labute approximate surface area is 98.6 Å². The Balaban J connectivity index is 2.73. The van der Waals surface area contributed by atoms with E-state index in [-0.39, 0.29) is 11.7 Å². The summed E-state index contributed by atoms with van der Waals surface area (Å²) in [6.45, 7) is 2.09. The number of hydrogen-bond donors (Lipinski definition) is 1. The molecule has 0 heterocycles. The summed E-state index contributed by atoms with van der Waals surface area (Å²) in [6.07, 6.45) is 0. The summed E-state index contributed by atoms with van der Waals surface area (Å²) >= 11 is 0. The molecule has 0 saturated carbocycles. The molecule has 5 heteroatoms. The zero-order valence-corrected chi connectivity index (χ0v) is 9.84. The molecule has 0 radical (unpaired) electrons. The minimum atomic E-state index is -3.14. The van der Waals surface area contributed by atoms with Crippen molar-refractivity contribution < 1.29 is 17.9 Å². The van der Waals surface area contributed by atoms with Gasteiger partial charge in [-0.1, -0.05) is 19.9 Å². The summed E-state index contributed by atoms with van der Waals surface area (Å²) in [6, 6.07) is 4.31. The van der Waals surface area contributed by atoms with Gasteiger partial charge < -0.3 is 10.5 Å². The number of alkyl halides is 2. The maximum absolute atomic E-state index is 13.5. The van der Waals surface area contributed by atoms with E-state index < -0.39 is 24.9 Å². The second kappa shape index (κ2) is 5.40. The smallest absolute Gasteiger partial charge is 0.293 e. The predicted octanol–water partition coefficient (Wildman–Crippen LogP) is 2.92. The lowest BCUT2D eigenvalue weighted by Crippen LogP contribution is -2.34. The van der Waals surface area contributed by atoms with Gasteiger partial charge >= 0.3 is 0 Å². The van der Waals surface area contributed by atoms with Crippen molar-refractivity contribution in [1.29, 1.82) is 0 Å². The van der Waals surface area contributed by atoms with E-state index >= 15 is 0 Å². The zero-order chi connectivity index (χ0) is 13.1. The maximum atomic E-state index is 13.5. The summed E-state index contributed by atoms with van der Waals surface area (Å²) in [5.74, 6) is -3.78. The van der Waals surface area contributed by atoms with Gasteiger partial charge in [-0.25, -0.2) is 13.2 Å². The van der Waals surface area contributed by atoms with Crippen LogP contribution in [0.5, 0.6) is 5.75 Å². The van der Waals surface area contributed by atoms with Crippen LogP contribution < -0.4 is 10.5 Å². The SMILES string of the molecule is CC(C)c1ccc(OCC(F)(F)CN)c(F)c1. The predicted molar refractivity (Wildman–Crippen MR) is 60.0 cm³/mol. The van der Waals surface area contributed by atoms with Crippen LogP contribution in [0.4, 0.5) is 13.2 Å². The van der Waals surface area contributed by atoms with Gasteiger partial charge in [0.25, 0.3) is 5.92 Å². The van der Waals surface area contributed by atoms with Gasteiger partial charge in [0.2, 0.25) is 0 Å². The first kappa shape index (κ1) is 13.8. The normalized spacial score (nSPS) is 11.9. The Morgan fingerprint density at radius 3 is 2.47 bits per heavy atom. The lowest BCUT2D eigenvalue weighted by molar-refractivity contribution is -0.0328. The molecule has 0 atom stereocenters. The van der Waals surface area contributed by atoms with Gasteiger partial charge in [0, 0.05) is 0 Å². The minimum absolute atomic E-state index is 0.170. The molecule has 2 N–H and O–H groups in total. The van der Waals surface area contributed by atoms with Crippen molar-refractivity contribution in [3.63, 3.8) is 0 Å². The monoisotopic (exact) mass is 247 g/mol. The highest BCUT2D eigenvalue weighted by Crippen LogP contribution is 2.24. The van der Waals surface area contributed by atoms with E-state index in [0.717, 1.165) is 5.56 Å². The Kier molecular flexibility index (Phi) is 4.40. The molecule has 0 aromatic heterocycles. The molecule has 1 aromatic carbocycles. The summed E-state index contributed by atoms with van der Waals surface area (Å²) in [7, 11) is 0. The maximum Gasteiger partial charge on any atom is 0.293 e. The molecular formula is C12H16F3NO. The fourth-order valence-electron chi connectivity index (χ4n) is 1.24. The van der Waals surface area contributed by atoms with E-state index in [9.17, 15) is 13.2 Å². The van der Waals surface area contributed by atoms with E-state index in [2.05, 4.69) is 0 Å². The molecule has 0 amide bonds. The average molecular weight is 247 g/mol. The molecule has 0 fully saturated rings. The highest BCUT2D eigenvalue weighted by atomic mass is 19.3. The molecule has 0 aliphatic heterocycles. The molecule has 0 aliphatic carbocycles. The van der Waals surface area contributed by atoms with Crippen LogP contribution in [0.1, 0.15) is 25.3 Å². The summed E-state index contributed by atoms with van der Waals surface area (Å²) in [4.78, 5) is 0. The zero-order valence-electron chi connectivity index (χ0n) is 9.84. The number of benzene rings is 1. The fraction of sp³-hybridized carbons (Fsp3) is 0.500. The van der Waals surface area contributed by atoms with E-state index in [4.69, 9.17) is 10.5 Å². The molecule has 17 heavy (non-hydrogen) atoms. The molecule has 96 valence electrons. The summed E-state index contributed by atoms with van der Waals surface area (Å²) in [5, 5.41) is 0. The number of nitrogens with two attached hydrogens (primary N) is 1. The van der Waals surface area contributed by atoms with Crippen LogP contribution in [0.3, 0.4) is 0 Å². The lowest BCUT2D eigenvalue weighted by Gasteiger charge is -2.15. The van der Waals surface area contributed by atoms with Crippen LogP contribution in [0.15, 0.2) is 18.2 Å². The van der Waals surface area contributed by atoms with Crippen LogP contribution in [0.2, 0.25) is 0 Å². The van der Waals surface area contributed by atoms with Gasteiger partial charge in [0.1, 0.15) is 0 Å². The molecule has 2 nitrogen and oxygen atoms in total. The molecule has 1 aromatic rings. The first-order valence-corrected chi connectivity index (χ1v) is 5.36. The Hall–Kier alpha value is -1.23. The largest absolute Gasteiger partial charge is 0.484 e. The molecule has 0 unspecified atom stereocenters. The Bertz CT molecular complexity index is 380. The van der Waals surface area contributed by atoms with Crippen molar-refractivity contribution in [3.8, 4) is 5.75 Å². The van der Waals surface area contributed by atoms with E-state index in [1.807, 2.05) is 13.8 Å². The van der Waals surface area contributed by atoms with Crippen molar-refractivity contribution >= 4 is 0 Å². The van der Waals surface area contributed by atoms with E-state index in [1.54, 1.807) is 6.07 Å². The quantitative estimate of drug-likeness (QED) is 0.868. The van der Waals surface area contributed by atoms with Gasteiger partial charge in [0.15, 0.2) is 18.2 Å². The number of rotatable bonds is 5. The molecule has 0 aliphatic rings. The highest BCUT2D eigenvalue weighted by Gasteiger charge is 2.28. The van der Waals surface area contributed by atoms with Crippen LogP contribution in [-0.4, -0.2) is 19.1 Å². The Morgan fingerprint density at radius 1 is 1.35 bits per heavy atom. The summed E-state index contributed by atoms with van der Waals surface area (Å²) < 4.78 is 43.8. The van der Waals surface area contributed by atoms with Gasteiger partial charge in [-0.05, 0) is 23.6 Å². The van der Waals surface area contributed by atoms with E-state index in [0.29, 0.717) is 0 Å². The number of halogens is 3. The van der Waals surface area contributed by atoms with Crippen molar-refractivity contribution in [2.75, 3.05) is 13.2 Å². The van der Waals surface area contributed by atoms with Crippen LogP contribution >= 0.6 is 0 Å². The van der Waals surface area contributed by atoms with Gasteiger partial charge in [-0.3, -0.25) is 0 Å². The molecule has 0 saturated heterocycles. The van der Waals surface area contributed by atoms with Crippen molar-refractivity contribution in [1.82, 2.24) is 0 Å². The molecule has 0 bridgehead atoms. The number of hydrogen-bond acceptors (Lipinski definition) is 2. The fourth-order valence-corrected chi connectivity index (χ4v) is 1.24. The Morgan fingerprint density at radius 2 is 2.00 bits per heavy atom. The van der Waals surface area contributed by atoms with E-state index in [1.165, 1.54) is 12.1 Å². The van der Waals surface area contributed by atoms with Crippen molar-refractivity contribution in [2.24, 2.45) is 5.73 Å². The minimum Gasteiger partial charge on any atom is -0.484 e. The second-order valence-corrected chi connectivity index (χ2v) is 4.19. The molecular weight excluding hydrogens is 231 g/mol. The average Bonchev–Trinajstić information content (AvgIpc) is 2.27. The highest BCUT2D eigenvalue weighted by molar-refractivity contribution is 5.30.